The summed E-state index contributed by atoms with van der Waals surface area (Å²) in [5, 5.41) is 0. The van der Waals surface area contributed by atoms with Crippen molar-refractivity contribution >= 4 is 5.91 Å². The third-order valence-corrected chi connectivity index (χ3v) is 3.87. The zero-order valence-electron chi connectivity index (χ0n) is 12.2. The Morgan fingerprint density at radius 1 is 1.14 bits per heavy atom. The Balaban J connectivity index is 1.66. The Labute approximate surface area is 125 Å². The normalized spacial score (nSPS) is 16.7. The first-order valence-corrected chi connectivity index (χ1v) is 7.23. The lowest BCUT2D eigenvalue weighted by molar-refractivity contribution is -0.136. The SMILES string of the molecule is CN(Cc1ccccc1)C(=O)C1COc2ccccc2C1. The van der Waals surface area contributed by atoms with E-state index in [1.54, 1.807) is 4.90 Å². The van der Waals surface area contributed by atoms with Crippen LogP contribution in [-0.2, 0) is 17.8 Å². The van der Waals surface area contributed by atoms with Gasteiger partial charge in [0, 0.05) is 13.6 Å². The fraction of sp³-hybridized carbons (Fsp3) is 0.278. The third kappa shape index (κ3) is 3.07. The molecule has 1 amide bonds. The molecule has 108 valence electrons. The first-order chi connectivity index (χ1) is 10.2. The Kier molecular flexibility index (Phi) is 3.91. The zero-order valence-corrected chi connectivity index (χ0v) is 12.2. The van der Waals surface area contributed by atoms with Gasteiger partial charge < -0.3 is 9.64 Å². The van der Waals surface area contributed by atoms with Gasteiger partial charge in [0.2, 0.25) is 5.91 Å². The number of amides is 1. The van der Waals surface area contributed by atoms with Gasteiger partial charge >= 0.3 is 0 Å². The molecule has 1 atom stereocenters. The number of nitrogens with zero attached hydrogens (tertiary/aromatic N) is 1. The summed E-state index contributed by atoms with van der Waals surface area (Å²) in [7, 11) is 1.86. The molecule has 3 nitrogen and oxygen atoms in total. The van der Waals surface area contributed by atoms with E-state index in [0.29, 0.717) is 13.2 Å². The molecular formula is C18H19NO2. The maximum atomic E-state index is 12.6. The van der Waals surface area contributed by atoms with Crippen molar-refractivity contribution in [2.45, 2.75) is 13.0 Å². The van der Waals surface area contributed by atoms with Crippen molar-refractivity contribution in [3.63, 3.8) is 0 Å². The molecule has 0 aromatic heterocycles. The number of benzene rings is 2. The highest BCUT2D eigenvalue weighted by atomic mass is 16.5. The van der Waals surface area contributed by atoms with Gasteiger partial charge in [-0.25, -0.2) is 0 Å². The van der Waals surface area contributed by atoms with Crippen molar-refractivity contribution in [3.8, 4) is 5.75 Å². The predicted octanol–water partition coefficient (Wildman–Crippen LogP) is 2.90. The van der Waals surface area contributed by atoms with Crippen molar-refractivity contribution in [2.24, 2.45) is 5.92 Å². The molecule has 1 aliphatic rings. The monoisotopic (exact) mass is 281 g/mol. The Morgan fingerprint density at radius 3 is 2.67 bits per heavy atom. The molecule has 0 bridgehead atoms. The number of para-hydroxylation sites is 1. The summed E-state index contributed by atoms with van der Waals surface area (Å²) >= 11 is 0. The van der Waals surface area contributed by atoms with Crippen molar-refractivity contribution < 1.29 is 9.53 Å². The maximum Gasteiger partial charge on any atom is 0.229 e. The van der Waals surface area contributed by atoms with Crippen LogP contribution in [-0.4, -0.2) is 24.5 Å². The Bertz CT molecular complexity index is 624. The van der Waals surface area contributed by atoms with Gasteiger partial charge in [-0.05, 0) is 23.6 Å². The highest BCUT2D eigenvalue weighted by Gasteiger charge is 2.27. The second-order valence-electron chi connectivity index (χ2n) is 5.50. The summed E-state index contributed by atoms with van der Waals surface area (Å²) in [6.07, 6.45) is 0.758. The molecule has 21 heavy (non-hydrogen) atoms. The van der Waals surface area contributed by atoms with Crippen molar-refractivity contribution in [3.05, 3.63) is 65.7 Å². The molecule has 1 heterocycles. The van der Waals surface area contributed by atoms with Crippen LogP contribution in [0.5, 0.6) is 5.75 Å². The molecule has 1 unspecified atom stereocenters. The minimum absolute atomic E-state index is 0.0892. The van der Waals surface area contributed by atoms with Crippen LogP contribution in [0.4, 0.5) is 0 Å². The molecule has 2 aromatic rings. The van der Waals surface area contributed by atoms with Crippen LogP contribution < -0.4 is 4.74 Å². The van der Waals surface area contributed by atoms with E-state index in [0.717, 1.165) is 23.3 Å². The molecule has 2 aromatic carbocycles. The van der Waals surface area contributed by atoms with Crippen LogP contribution in [0.3, 0.4) is 0 Å². The van der Waals surface area contributed by atoms with Crippen LogP contribution in [0.25, 0.3) is 0 Å². The maximum absolute atomic E-state index is 12.6. The van der Waals surface area contributed by atoms with Crippen LogP contribution in [0.15, 0.2) is 54.6 Å². The lowest BCUT2D eigenvalue weighted by Gasteiger charge is -2.28. The molecule has 0 fully saturated rings. The van der Waals surface area contributed by atoms with Gasteiger partial charge in [-0.3, -0.25) is 4.79 Å². The second kappa shape index (κ2) is 6.00. The molecule has 3 heteroatoms. The van der Waals surface area contributed by atoms with Crippen LogP contribution >= 0.6 is 0 Å². The van der Waals surface area contributed by atoms with Crippen molar-refractivity contribution in [1.29, 1.82) is 0 Å². The molecule has 3 rings (SSSR count). The molecule has 0 aliphatic carbocycles. The smallest absolute Gasteiger partial charge is 0.229 e. The Morgan fingerprint density at radius 2 is 1.86 bits per heavy atom. The first kappa shape index (κ1) is 13.7. The van der Waals surface area contributed by atoms with Crippen molar-refractivity contribution in [1.82, 2.24) is 4.90 Å². The highest BCUT2D eigenvalue weighted by molar-refractivity contribution is 5.79. The third-order valence-electron chi connectivity index (χ3n) is 3.87. The van der Waals surface area contributed by atoms with Gasteiger partial charge in [0.05, 0.1) is 5.92 Å². The van der Waals surface area contributed by atoms with E-state index < -0.39 is 0 Å². The molecule has 0 spiro atoms. The number of carbonyl (C=O) groups excluding carboxylic acids is 1. The standard InChI is InChI=1S/C18H19NO2/c1-19(12-14-7-3-2-4-8-14)18(20)16-11-15-9-5-6-10-17(15)21-13-16/h2-10,16H,11-13H2,1H3. The summed E-state index contributed by atoms with van der Waals surface area (Å²) in [6.45, 7) is 1.10. The Hall–Kier alpha value is -2.29. The topological polar surface area (TPSA) is 29.5 Å². The van der Waals surface area contributed by atoms with Crippen molar-refractivity contribution in [2.75, 3.05) is 13.7 Å². The highest BCUT2D eigenvalue weighted by Crippen LogP contribution is 2.27. The minimum Gasteiger partial charge on any atom is -0.492 e. The van der Waals surface area contributed by atoms with Gasteiger partial charge in [0.15, 0.2) is 0 Å². The first-order valence-electron chi connectivity index (χ1n) is 7.23. The number of ether oxygens (including phenoxy) is 1. The van der Waals surface area contributed by atoms with Crippen LogP contribution in [0, 0.1) is 5.92 Å². The fourth-order valence-corrected chi connectivity index (χ4v) is 2.73. The summed E-state index contributed by atoms with van der Waals surface area (Å²) in [5.74, 6) is 0.967. The summed E-state index contributed by atoms with van der Waals surface area (Å²) < 4.78 is 5.71. The fourth-order valence-electron chi connectivity index (χ4n) is 2.73. The van der Waals surface area contributed by atoms with Gasteiger partial charge in [0.25, 0.3) is 0 Å². The number of carbonyl (C=O) groups is 1. The zero-order chi connectivity index (χ0) is 14.7. The second-order valence-corrected chi connectivity index (χ2v) is 5.50. The summed E-state index contributed by atoms with van der Waals surface area (Å²) in [4.78, 5) is 14.3. The van der Waals surface area contributed by atoms with E-state index in [1.165, 1.54) is 0 Å². The molecule has 0 saturated heterocycles. The summed E-state index contributed by atoms with van der Waals surface area (Å²) in [6, 6.07) is 18.0. The van der Waals surface area contributed by atoms with Gasteiger partial charge in [0.1, 0.15) is 12.4 Å². The largest absolute Gasteiger partial charge is 0.492 e. The van der Waals surface area contributed by atoms with E-state index in [2.05, 4.69) is 0 Å². The molecule has 0 N–H and O–H groups in total. The lowest BCUT2D eigenvalue weighted by atomic mass is 9.95. The van der Waals surface area contributed by atoms with E-state index in [4.69, 9.17) is 4.74 Å². The average Bonchev–Trinajstić information content (AvgIpc) is 2.54. The van der Waals surface area contributed by atoms with Crippen LogP contribution in [0.1, 0.15) is 11.1 Å². The number of rotatable bonds is 3. The average molecular weight is 281 g/mol. The summed E-state index contributed by atoms with van der Waals surface area (Å²) in [5.41, 5.74) is 2.26. The minimum atomic E-state index is -0.0892. The van der Waals surface area contributed by atoms with E-state index in [1.807, 2.05) is 61.6 Å². The van der Waals surface area contributed by atoms with Gasteiger partial charge in [-0.2, -0.15) is 0 Å². The van der Waals surface area contributed by atoms with E-state index in [9.17, 15) is 4.79 Å². The predicted molar refractivity (Wildman–Crippen MR) is 82.0 cm³/mol. The molecular weight excluding hydrogens is 262 g/mol. The van der Waals surface area contributed by atoms with Gasteiger partial charge in [-0.1, -0.05) is 48.5 Å². The molecule has 0 radical (unpaired) electrons. The quantitative estimate of drug-likeness (QED) is 0.865. The van der Waals surface area contributed by atoms with Crippen LogP contribution in [0.2, 0.25) is 0 Å². The molecule has 0 saturated carbocycles. The number of hydrogen-bond acceptors (Lipinski definition) is 2. The number of hydrogen-bond donors (Lipinski definition) is 0. The number of fused-ring (bicyclic) bond motifs is 1. The van der Waals surface area contributed by atoms with E-state index >= 15 is 0 Å². The van der Waals surface area contributed by atoms with E-state index in [-0.39, 0.29) is 11.8 Å². The molecule has 1 aliphatic heterocycles. The lowest BCUT2D eigenvalue weighted by Crippen LogP contribution is -2.38. The van der Waals surface area contributed by atoms with Gasteiger partial charge in [-0.15, -0.1) is 0 Å².